The molecule has 0 spiro atoms. The number of aromatic nitrogens is 2. The predicted octanol–water partition coefficient (Wildman–Crippen LogP) is 1.82. The Morgan fingerprint density at radius 1 is 1.62 bits per heavy atom. The van der Waals surface area contributed by atoms with Gasteiger partial charge in [0.25, 0.3) is 5.91 Å². The lowest BCUT2D eigenvalue weighted by Crippen LogP contribution is -2.50. The monoisotopic (exact) mass is 308 g/mol. The van der Waals surface area contributed by atoms with Gasteiger partial charge in [-0.3, -0.25) is 9.48 Å². The van der Waals surface area contributed by atoms with Crippen LogP contribution in [-0.4, -0.2) is 33.9 Å². The molecule has 0 aliphatic carbocycles. The number of rotatable bonds is 2. The molecule has 3 N–H and O–H groups in total. The van der Waals surface area contributed by atoms with Gasteiger partial charge in [0.15, 0.2) is 0 Å². The standard InChI is InChI=1S/C14H20N4O2S/c1-7-9-10(15)11(21-13(9)18(4)17-7)12(19)16-14(3)5-6-20-8(14)2/h8H,5-6,15H2,1-4H3,(H,16,19). The third-order valence-corrected chi connectivity index (χ3v) is 5.65. The van der Waals surface area contributed by atoms with Crippen molar-refractivity contribution in [2.45, 2.75) is 38.8 Å². The number of nitrogens with zero attached hydrogens (tertiary/aromatic N) is 2. The molecule has 2 unspecified atom stereocenters. The summed E-state index contributed by atoms with van der Waals surface area (Å²) in [4.78, 5) is 14.1. The van der Waals surface area contributed by atoms with Gasteiger partial charge in [-0.1, -0.05) is 0 Å². The van der Waals surface area contributed by atoms with E-state index in [1.807, 2.05) is 27.8 Å². The van der Waals surface area contributed by atoms with Crippen LogP contribution >= 0.6 is 11.3 Å². The molecule has 3 rings (SSSR count). The van der Waals surface area contributed by atoms with Crippen molar-refractivity contribution < 1.29 is 9.53 Å². The lowest BCUT2D eigenvalue weighted by Gasteiger charge is -2.28. The van der Waals surface area contributed by atoms with Crippen molar-refractivity contribution in [3.63, 3.8) is 0 Å². The first kappa shape index (κ1) is 14.3. The Hall–Kier alpha value is -1.60. The fourth-order valence-corrected chi connectivity index (χ4v) is 3.89. The van der Waals surface area contributed by atoms with E-state index in [1.54, 1.807) is 4.68 Å². The van der Waals surface area contributed by atoms with Gasteiger partial charge in [0.1, 0.15) is 9.71 Å². The Labute approximate surface area is 127 Å². The lowest BCUT2D eigenvalue weighted by molar-refractivity contribution is 0.0731. The van der Waals surface area contributed by atoms with Crippen LogP contribution in [0.1, 0.15) is 35.6 Å². The molecule has 21 heavy (non-hydrogen) atoms. The minimum Gasteiger partial charge on any atom is -0.397 e. The SMILES string of the molecule is Cc1nn(C)c2sc(C(=O)NC3(C)CCOC3C)c(N)c12. The number of amides is 1. The van der Waals surface area contributed by atoms with Gasteiger partial charge in [0.2, 0.25) is 0 Å². The van der Waals surface area contributed by atoms with Gasteiger partial charge in [-0.25, -0.2) is 0 Å². The van der Waals surface area contributed by atoms with Gasteiger partial charge in [0.05, 0.1) is 28.4 Å². The Kier molecular flexibility index (Phi) is 3.22. The summed E-state index contributed by atoms with van der Waals surface area (Å²) in [5.74, 6) is -0.132. The van der Waals surface area contributed by atoms with Crippen molar-refractivity contribution in [2.24, 2.45) is 7.05 Å². The first-order valence-electron chi connectivity index (χ1n) is 6.99. The molecule has 0 aromatic carbocycles. The van der Waals surface area contributed by atoms with E-state index in [-0.39, 0.29) is 17.6 Å². The van der Waals surface area contributed by atoms with Gasteiger partial charge in [-0.05, 0) is 27.2 Å². The average Bonchev–Trinajstić information content (AvgIpc) is 2.99. The maximum absolute atomic E-state index is 12.6. The van der Waals surface area contributed by atoms with Crippen LogP contribution < -0.4 is 11.1 Å². The molecule has 0 radical (unpaired) electrons. The van der Waals surface area contributed by atoms with E-state index in [0.717, 1.165) is 22.3 Å². The summed E-state index contributed by atoms with van der Waals surface area (Å²) in [6.07, 6.45) is 0.811. The summed E-state index contributed by atoms with van der Waals surface area (Å²) in [5.41, 5.74) is 7.20. The fourth-order valence-electron chi connectivity index (χ4n) is 2.81. The number of fused-ring (bicyclic) bond motifs is 1. The smallest absolute Gasteiger partial charge is 0.264 e. The Balaban J connectivity index is 1.95. The van der Waals surface area contributed by atoms with E-state index in [4.69, 9.17) is 10.5 Å². The summed E-state index contributed by atoms with van der Waals surface area (Å²) in [5, 5.41) is 8.31. The normalized spacial score (nSPS) is 25.6. The zero-order chi connectivity index (χ0) is 15.4. The number of nitrogens with two attached hydrogens (primary N) is 1. The van der Waals surface area contributed by atoms with Crippen LogP contribution in [0.3, 0.4) is 0 Å². The molecule has 1 amide bonds. The number of thiophene rings is 1. The summed E-state index contributed by atoms with van der Waals surface area (Å²) >= 11 is 1.39. The van der Waals surface area contributed by atoms with Crippen molar-refractivity contribution in [3.05, 3.63) is 10.6 Å². The quantitative estimate of drug-likeness (QED) is 0.886. The molecule has 1 fully saturated rings. The van der Waals surface area contributed by atoms with Crippen molar-refractivity contribution in [1.29, 1.82) is 0 Å². The molecule has 6 nitrogen and oxygen atoms in total. The number of anilines is 1. The minimum atomic E-state index is -0.340. The average molecular weight is 308 g/mol. The molecule has 2 atom stereocenters. The number of carbonyl (C=O) groups excluding carboxylic acids is 1. The summed E-state index contributed by atoms with van der Waals surface area (Å²) in [7, 11) is 1.86. The maximum Gasteiger partial charge on any atom is 0.264 e. The summed E-state index contributed by atoms with van der Waals surface area (Å²) in [6.45, 7) is 6.57. The summed E-state index contributed by atoms with van der Waals surface area (Å²) < 4.78 is 7.33. The van der Waals surface area contributed by atoms with Crippen molar-refractivity contribution in [2.75, 3.05) is 12.3 Å². The fraction of sp³-hybridized carbons (Fsp3) is 0.571. The highest BCUT2D eigenvalue weighted by Gasteiger charge is 2.39. The Morgan fingerprint density at radius 2 is 2.33 bits per heavy atom. The maximum atomic E-state index is 12.6. The van der Waals surface area contributed by atoms with E-state index in [0.29, 0.717) is 17.2 Å². The Bertz CT molecular complexity index is 720. The number of aryl methyl sites for hydroxylation is 2. The van der Waals surface area contributed by atoms with E-state index < -0.39 is 0 Å². The third kappa shape index (κ3) is 2.11. The predicted molar refractivity (Wildman–Crippen MR) is 83.6 cm³/mol. The minimum absolute atomic E-state index is 0.000422. The van der Waals surface area contributed by atoms with Gasteiger partial charge in [0, 0.05) is 13.7 Å². The molecule has 1 aliphatic rings. The molecule has 2 aromatic heterocycles. The second kappa shape index (κ2) is 4.71. The van der Waals surface area contributed by atoms with Gasteiger partial charge >= 0.3 is 0 Å². The molecule has 3 heterocycles. The van der Waals surface area contributed by atoms with Crippen LogP contribution in [0.4, 0.5) is 5.69 Å². The number of carbonyl (C=O) groups is 1. The molecule has 0 bridgehead atoms. The molecule has 7 heteroatoms. The van der Waals surface area contributed by atoms with Gasteiger partial charge in [-0.2, -0.15) is 5.10 Å². The van der Waals surface area contributed by atoms with Crippen molar-refractivity contribution >= 4 is 33.1 Å². The lowest BCUT2D eigenvalue weighted by atomic mass is 9.94. The number of nitrogen functional groups attached to an aromatic ring is 1. The van der Waals surface area contributed by atoms with Crippen molar-refractivity contribution in [1.82, 2.24) is 15.1 Å². The highest BCUT2D eigenvalue weighted by atomic mass is 32.1. The second-order valence-corrected chi connectivity index (χ2v) is 6.87. The highest BCUT2D eigenvalue weighted by Crippen LogP contribution is 2.36. The van der Waals surface area contributed by atoms with E-state index in [1.165, 1.54) is 11.3 Å². The number of hydrogen-bond acceptors (Lipinski definition) is 5. The van der Waals surface area contributed by atoms with Crippen LogP contribution in [0.25, 0.3) is 10.2 Å². The van der Waals surface area contributed by atoms with Gasteiger partial charge in [-0.15, -0.1) is 11.3 Å². The first-order chi connectivity index (χ1) is 9.83. The molecule has 2 aromatic rings. The molecular weight excluding hydrogens is 288 g/mol. The zero-order valence-electron chi connectivity index (χ0n) is 12.7. The second-order valence-electron chi connectivity index (χ2n) is 5.87. The van der Waals surface area contributed by atoms with Crippen LogP contribution in [0.15, 0.2) is 0 Å². The number of ether oxygens (including phenoxy) is 1. The number of nitrogens with one attached hydrogen (secondary N) is 1. The molecule has 1 aliphatic heterocycles. The van der Waals surface area contributed by atoms with Crippen LogP contribution in [0.5, 0.6) is 0 Å². The summed E-state index contributed by atoms with van der Waals surface area (Å²) in [6, 6.07) is 0. The first-order valence-corrected chi connectivity index (χ1v) is 7.81. The van der Waals surface area contributed by atoms with Gasteiger partial charge < -0.3 is 15.8 Å². The van der Waals surface area contributed by atoms with E-state index in [2.05, 4.69) is 10.4 Å². The molecule has 1 saturated heterocycles. The van der Waals surface area contributed by atoms with Crippen LogP contribution in [0.2, 0.25) is 0 Å². The zero-order valence-corrected chi connectivity index (χ0v) is 13.5. The molecule has 0 saturated carbocycles. The largest absolute Gasteiger partial charge is 0.397 e. The van der Waals surface area contributed by atoms with E-state index in [9.17, 15) is 4.79 Å². The van der Waals surface area contributed by atoms with Crippen molar-refractivity contribution in [3.8, 4) is 0 Å². The van der Waals surface area contributed by atoms with E-state index >= 15 is 0 Å². The van der Waals surface area contributed by atoms with Crippen LogP contribution in [-0.2, 0) is 11.8 Å². The molecular formula is C14H20N4O2S. The Morgan fingerprint density at radius 3 is 2.90 bits per heavy atom. The van der Waals surface area contributed by atoms with Crippen LogP contribution in [0, 0.1) is 6.92 Å². The highest BCUT2D eigenvalue weighted by molar-refractivity contribution is 7.21. The topological polar surface area (TPSA) is 82.2 Å². The third-order valence-electron chi connectivity index (χ3n) is 4.37. The number of hydrogen-bond donors (Lipinski definition) is 2. The molecule has 114 valence electrons.